The molecule has 2 N–H and O–H groups in total. The summed E-state index contributed by atoms with van der Waals surface area (Å²) >= 11 is 0. The van der Waals surface area contributed by atoms with E-state index < -0.39 is 0 Å². The summed E-state index contributed by atoms with van der Waals surface area (Å²) in [4.78, 5) is 2.35. The summed E-state index contributed by atoms with van der Waals surface area (Å²) in [6, 6.07) is 10.5. The normalized spacial score (nSPS) is 14.6. The molecule has 2 aromatic rings. The van der Waals surface area contributed by atoms with E-state index >= 15 is 0 Å². The average molecular weight is 243 g/mol. The summed E-state index contributed by atoms with van der Waals surface area (Å²) in [5.41, 5.74) is 9.08. The van der Waals surface area contributed by atoms with Crippen LogP contribution >= 0.6 is 0 Å². The van der Waals surface area contributed by atoms with E-state index in [0.29, 0.717) is 6.54 Å². The standard InChI is InChI=1S/C14H17N3O/c15-9-12-8-13(18-16-12)10-17-7-3-5-11-4-1-2-6-14(11)17/h1-2,4,6,8H,3,5,7,9-10,15H2. The zero-order chi connectivity index (χ0) is 12.4. The van der Waals surface area contributed by atoms with E-state index in [4.69, 9.17) is 10.3 Å². The lowest BCUT2D eigenvalue weighted by atomic mass is 10.0. The first kappa shape index (κ1) is 11.3. The van der Waals surface area contributed by atoms with Gasteiger partial charge in [0.25, 0.3) is 0 Å². The van der Waals surface area contributed by atoms with Crippen molar-refractivity contribution < 1.29 is 4.52 Å². The molecule has 18 heavy (non-hydrogen) atoms. The van der Waals surface area contributed by atoms with E-state index in [-0.39, 0.29) is 0 Å². The van der Waals surface area contributed by atoms with Gasteiger partial charge in [0.05, 0.1) is 12.2 Å². The molecule has 1 aliphatic rings. The van der Waals surface area contributed by atoms with Gasteiger partial charge in [-0.05, 0) is 24.5 Å². The third-order valence-electron chi connectivity index (χ3n) is 3.37. The van der Waals surface area contributed by atoms with Crippen LogP contribution in [0.4, 0.5) is 5.69 Å². The molecule has 3 rings (SSSR count). The molecule has 0 spiro atoms. The largest absolute Gasteiger partial charge is 0.364 e. The SMILES string of the molecule is NCc1cc(CN2CCCc3ccccc32)on1. The van der Waals surface area contributed by atoms with Crippen LogP contribution in [0, 0.1) is 0 Å². The Labute approximate surface area is 106 Å². The van der Waals surface area contributed by atoms with Gasteiger partial charge in [-0.1, -0.05) is 23.4 Å². The zero-order valence-corrected chi connectivity index (χ0v) is 10.3. The van der Waals surface area contributed by atoms with E-state index in [1.54, 1.807) is 0 Å². The number of nitrogens with zero attached hydrogens (tertiary/aromatic N) is 2. The molecule has 4 heteroatoms. The fourth-order valence-corrected chi connectivity index (χ4v) is 2.49. The minimum absolute atomic E-state index is 0.431. The molecule has 0 unspecified atom stereocenters. The van der Waals surface area contributed by atoms with Crippen molar-refractivity contribution >= 4 is 5.69 Å². The molecule has 0 aliphatic carbocycles. The Balaban J connectivity index is 1.81. The average Bonchev–Trinajstić information content (AvgIpc) is 2.87. The summed E-state index contributed by atoms with van der Waals surface area (Å²) < 4.78 is 5.30. The van der Waals surface area contributed by atoms with Crippen LogP contribution < -0.4 is 10.6 Å². The molecule has 2 heterocycles. The van der Waals surface area contributed by atoms with Crippen molar-refractivity contribution in [3.8, 4) is 0 Å². The van der Waals surface area contributed by atoms with Crippen LogP contribution in [-0.2, 0) is 19.5 Å². The lowest BCUT2D eigenvalue weighted by Gasteiger charge is -2.30. The minimum atomic E-state index is 0.431. The number of nitrogens with two attached hydrogens (primary N) is 1. The van der Waals surface area contributed by atoms with Crippen LogP contribution in [0.15, 0.2) is 34.9 Å². The number of para-hydroxylation sites is 1. The van der Waals surface area contributed by atoms with Gasteiger partial charge in [-0.25, -0.2) is 0 Å². The highest BCUT2D eigenvalue weighted by Gasteiger charge is 2.17. The van der Waals surface area contributed by atoms with Gasteiger partial charge in [-0.15, -0.1) is 0 Å². The molecule has 0 fully saturated rings. The molecule has 0 saturated carbocycles. The first-order chi connectivity index (χ1) is 8.86. The van der Waals surface area contributed by atoms with Crippen molar-refractivity contribution in [1.29, 1.82) is 0 Å². The fourth-order valence-electron chi connectivity index (χ4n) is 2.49. The van der Waals surface area contributed by atoms with E-state index in [1.165, 1.54) is 17.7 Å². The second-order valence-corrected chi connectivity index (χ2v) is 4.64. The number of aromatic nitrogens is 1. The molecule has 0 saturated heterocycles. The fraction of sp³-hybridized carbons (Fsp3) is 0.357. The van der Waals surface area contributed by atoms with Gasteiger partial charge in [0, 0.05) is 24.8 Å². The van der Waals surface area contributed by atoms with Gasteiger partial charge in [-0.2, -0.15) is 0 Å². The molecule has 1 aliphatic heterocycles. The second-order valence-electron chi connectivity index (χ2n) is 4.64. The number of anilines is 1. The summed E-state index contributed by atoms with van der Waals surface area (Å²) in [5.74, 6) is 0.882. The molecule has 0 radical (unpaired) electrons. The summed E-state index contributed by atoms with van der Waals surface area (Å²) in [7, 11) is 0. The van der Waals surface area contributed by atoms with Crippen LogP contribution in [0.1, 0.15) is 23.4 Å². The number of benzene rings is 1. The molecule has 1 aromatic heterocycles. The number of rotatable bonds is 3. The Morgan fingerprint density at radius 3 is 3.06 bits per heavy atom. The first-order valence-electron chi connectivity index (χ1n) is 6.34. The van der Waals surface area contributed by atoms with Crippen molar-refractivity contribution in [2.24, 2.45) is 5.73 Å². The summed E-state index contributed by atoms with van der Waals surface area (Å²) in [6.07, 6.45) is 2.35. The van der Waals surface area contributed by atoms with Crippen LogP contribution in [-0.4, -0.2) is 11.7 Å². The molecule has 1 aromatic carbocycles. The zero-order valence-electron chi connectivity index (χ0n) is 10.3. The molecule has 4 nitrogen and oxygen atoms in total. The van der Waals surface area contributed by atoms with Crippen molar-refractivity contribution in [3.63, 3.8) is 0 Å². The van der Waals surface area contributed by atoms with Crippen molar-refractivity contribution in [2.45, 2.75) is 25.9 Å². The van der Waals surface area contributed by atoms with Crippen LogP contribution in [0.5, 0.6) is 0 Å². The monoisotopic (exact) mass is 243 g/mol. The van der Waals surface area contributed by atoms with Crippen LogP contribution in [0.3, 0.4) is 0 Å². The van der Waals surface area contributed by atoms with Crippen LogP contribution in [0.2, 0.25) is 0 Å². The highest BCUT2D eigenvalue weighted by Crippen LogP contribution is 2.28. The Morgan fingerprint density at radius 2 is 2.22 bits per heavy atom. The molecule has 94 valence electrons. The molecular weight excluding hydrogens is 226 g/mol. The Kier molecular flexibility index (Phi) is 3.02. The molecular formula is C14H17N3O. The maximum Gasteiger partial charge on any atom is 0.156 e. The first-order valence-corrected chi connectivity index (χ1v) is 6.34. The minimum Gasteiger partial charge on any atom is -0.364 e. The van der Waals surface area contributed by atoms with Gasteiger partial charge in [0.15, 0.2) is 5.76 Å². The third-order valence-corrected chi connectivity index (χ3v) is 3.37. The summed E-state index contributed by atoms with van der Waals surface area (Å²) in [6.45, 7) is 2.26. The van der Waals surface area contributed by atoms with E-state index in [9.17, 15) is 0 Å². The quantitative estimate of drug-likeness (QED) is 0.896. The lowest BCUT2D eigenvalue weighted by molar-refractivity contribution is 0.374. The van der Waals surface area contributed by atoms with E-state index in [2.05, 4.69) is 34.3 Å². The Bertz CT molecular complexity index is 535. The van der Waals surface area contributed by atoms with Crippen LogP contribution in [0.25, 0.3) is 0 Å². The van der Waals surface area contributed by atoms with Gasteiger partial charge in [-0.3, -0.25) is 0 Å². The number of hydrogen-bond acceptors (Lipinski definition) is 4. The predicted molar refractivity (Wildman–Crippen MR) is 70.2 cm³/mol. The van der Waals surface area contributed by atoms with E-state index in [1.807, 2.05) is 6.07 Å². The topological polar surface area (TPSA) is 55.3 Å². The third kappa shape index (κ3) is 2.11. The highest BCUT2D eigenvalue weighted by molar-refractivity contribution is 5.55. The van der Waals surface area contributed by atoms with Gasteiger partial charge >= 0.3 is 0 Å². The second kappa shape index (κ2) is 4.82. The smallest absolute Gasteiger partial charge is 0.156 e. The van der Waals surface area contributed by atoms with Gasteiger partial charge in [0.1, 0.15) is 0 Å². The maximum absolute atomic E-state index is 5.54. The van der Waals surface area contributed by atoms with Gasteiger partial charge in [0.2, 0.25) is 0 Å². The number of hydrogen-bond donors (Lipinski definition) is 1. The van der Waals surface area contributed by atoms with Crippen molar-refractivity contribution in [2.75, 3.05) is 11.4 Å². The van der Waals surface area contributed by atoms with Crippen molar-refractivity contribution in [3.05, 3.63) is 47.3 Å². The van der Waals surface area contributed by atoms with Gasteiger partial charge < -0.3 is 15.2 Å². The predicted octanol–water partition coefficient (Wildman–Crippen LogP) is 2.09. The molecule has 0 bridgehead atoms. The Morgan fingerprint density at radius 1 is 1.33 bits per heavy atom. The lowest BCUT2D eigenvalue weighted by Crippen LogP contribution is -2.28. The number of aryl methyl sites for hydroxylation is 1. The maximum atomic E-state index is 5.54. The summed E-state index contributed by atoms with van der Waals surface area (Å²) in [5, 5.41) is 3.93. The number of fused-ring (bicyclic) bond motifs is 1. The molecule has 0 atom stereocenters. The van der Waals surface area contributed by atoms with E-state index in [0.717, 1.165) is 31.0 Å². The molecule has 0 amide bonds. The Hall–Kier alpha value is -1.81. The highest BCUT2D eigenvalue weighted by atomic mass is 16.5. The van der Waals surface area contributed by atoms with Crippen molar-refractivity contribution in [1.82, 2.24) is 5.16 Å².